The molecule has 2 aromatic carbocycles. The van der Waals surface area contributed by atoms with Crippen LogP contribution in [0.25, 0.3) is 16.7 Å². The largest absolute Gasteiger partial charge is 0.529 e. The van der Waals surface area contributed by atoms with Gasteiger partial charge in [-0.15, -0.1) is 12.4 Å². The van der Waals surface area contributed by atoms with Crippen molar-refractivity contribution in [3.63, 3.8) is 0 Å². The van der Waals surface area contributed by atoms with Crippen molar-refractivity contribution < 1.29 is 31.5 Å². The molecule has 0 saturated carbocycles. The van der Waals surface area contributed by atoms with Crippen molar-refractivity contribution in [2.75, 3.05) is 6.54 Å². The molecule has 0 aliphatic rings. The molecule has 208 valence electrons. The number of aromatic nitrogens is 3. The molecule has 4 rings (SSSR count). The first-order chi connectivity index (χ1) is 17.8. The minimum Gasteiger partial charge on any atom is -0.529 e. The maximum atomic E-state index is 13.3. The van der Waals surface area contributed by atoms with Gasteiger partial charge in [0.25, 0.3) is 10.0 Å². The summed E-state index contributed by atoms with van der Waals surface area (Å²) in [6.45, 7) is 3.12. The van der Waals surface area contributed by atoms with E-state index in [1.807, 2.05) is 0 Å². The Balaban J connectivity index is 0.00000420. The highest BCUT2D eigenvalue weighted by atomic mass is 35.5. The summed E-state index contributed by atoms with van der Waals surface area (Å²) >= 11 is 5.95. The van der Waals surface area contributed by atoms with Crippen molar-refractivity contribution in [1.82, 2.24) is 18.8 Å². The zero-order valence-electron chi connectivity index (χ0n) is 20.6. The number of carbonyl (C=O) groups is 1. The van der Waals surface area contributed by atoms with E-state index in [1.165, 1.54) is 30.6 Å². The van der Waals surface area contributed by atoms with Gasteiger partial charge in [-0.05, 0) is 49.2 Å². The van der Waals surface area contributed by atoms with Crippen LogP contribution in [0.3, 0.4) is 0 Å². The van der Waals surface area contributed by atoms with Crippen LogP contribution in [0.2, 0.25) is 5.02 Å². The molecule has 0 N–H and O–H groups in total. The Hall–Kier alpha value is -3.35. The SMILES string of the molecule is CCc1nc2cc(C(F)(F)F)c(Cl)cc2n1-c1cncc(CCN(C(=O)[O-])S(=O)(=O)c2ccc(C)cc2)c1.Cl. The van der Waals surface area contributed by atoms with Gasteiger partial charge < -0.3 is 9.90 Å². The molecule has 0 fully saturated rings. The number of hydrogen-bond donors (Lipinski definition) is 0. The van der Waals surface area contributed by atoms with Crippen LogP contribution in [-0.4, -0.2) is 39.9 Å². The van der Waals surface area contributed by atoms with Gasteiger partial charge in [0.05, 0.1) is 38.4 Å². The molecule has 4 aromatic rings. The number of amides is 1. The van der Waals surface area contributed by atoms with E-state index in [0.29, 0.717) is 29.0 Å². The number of alkyl halides is 3. The second-order valence-corrected chi connectivity index (χ2v) is 10.8. The van der Waals surface area contributed by atoms with Crippen LogP contribution >= 0.6 is 24.0 Å². The van der Waals surface area contributed by atoms with Gasteiger partial charge in [-0.2, -0.15) is 13.2 Å². The summed E-state index contributed by atoms with van der Waals surface area (Å²) in [7, 11) is -4.37. The molecule has 0 bridgehead atoms. The highest BCUT2D eigenvalue weighted by Crippen LogP contribution is 2.37. The van der Waals surface area contributed by atoms with Crippen molar-refractivity contribution in [3.8, 4) is 5.69 Å². The van der Waals surface area contributed by atoms with Crippen LogP contribution in [-0.2, 0) is 29.0 Å². The van der Waals surface area contributed by atoms with Crippen LogP contribution in [0.15, 0.2) is 59.8 Å². The predicted molar refractivity (Wildman–Crippen MR) is 140 cm³/mol. The predicted octanol–water partition coefficient (Wildman–Crippen LogP) is 4.96. The number of sulfonamides is 1. The fraction of sp³-hybridized carbons (Fsp3) is 0.240. The van der Waals surface area contributed by atoms with Crippen molar-refractivity contribution in [2.24, 2.45) is 0 Å². The summed E-state index contributed by atoms with van der Waals surface area (Å²) in [4.78, 5) is 20.0. The Labute approximate surface area is 233 Å². The molecule has 2 aromatic heterocycles. The molecular weight excluding hydrogens is 580 g/mol. The number of benzene rings is 2. The molecule has 39 heavy (non-hydrogen) atoms. The van der Waals surface area contributed by atoms with E-state index in [1.54, 1.807) is 36.6 Å². The first-order valence-electron chi connectivity index (χ1n) is 11.4. The number of rotatable bonds is 7. The highest BCUT2D eigenvalue weighted by Gasteiger charge is 2.34. The third-order valence-corrected chi connectivity index (χ3v) is 7.98. The molecule has 0 saturated heterocycles. The van der Waals surface area contributed by atoms with E-state index in [-0.39, 0.29) is 33.5 Å². The number of imidazole rings is 1. The van der Waals surface area contributed by atoms with Crippen molar-refractivity contribution in [2.45, 2.75) is 37.8 Å². The maximum Gasteiger partial charge on any atom is 0.417 e. The molecule has 0 aliphatic carbocycles. The van der Waals surface area contributed by atoms with Crippen molar-refractivity contribution >= 4 is 51.2 Å². The monoisotopic (exact) mass is 601 g/mol. The van der Waals surface area contributed by atoms with Crippen molar-refractivity contribution in [1.29, 1.82) is 0 Å². The number of aryl methyl sites for hydroxylation is 2. The number of hydrogen-bond acceptors (Lipinski definition) is 6. The number of carbonyl (C=O) groups excluding carboxylic acids is 1. The number of nitrogens with zero attached hydrogens (tertiary/aromatic N) is 4. The molecule has 0 radical (unpaired) electrons. The lowest BCUT2D eigenvalue weighted by Gasteiger charge is -2.24. The average Bonchev–Trinajstić information content (AvgIpc) is 3.20. The Morgan fingerprint density at radius 1 is 1.13 bits per heavy atom. The van der Waals surface area contributed by atoms with E-state index < -0.39 is 39.4 Å². The van der Waals surface area contributed by atoms with Gasteiger partial charge in [-0.1, -0.05) is 36.2 Å². The van der Waals surface area contributed by atoms with Gasteiger partial charge in [0.1, 0.15) is 5.82 Å². The quantitative estimate of drug-likeness (QED) is 0.296. The number of halogens is 5. The molecular formula is C25H22Cl2F3N4O4S-. The summed E-state index contributed by atoms with van der Waals surface area (Å²) in [5.41, 5.74) is 1.16. The Kier molecular flexibility index (Phi) is 8.83. The van der Waals surface area contributed by atoms with Gasteiger partial charge >= 0.3 is 6.18 Å². The van der Waals surface area contributed by atoms with E-state index in [2.05, 4.69) is 9.97 Å². The molecule has 14 heteroatoms. The highest BCUT2D eigenvalue weighted by molar-refractivity contribution is 7.89. The van der Waals surface area contributed by atoms with E-state index in [4.69, 9.17) is 11.6 Å². The first-order valence-corrected chi connectivity index (χ1v) is 13.2. The fourth-order valence-corrected chi connectivity index (χ4v) is 5.53. The van der Waals surface area contributed by atoms with E-state index in [9.17, 15) is 31.5 Å². The lowest BCUT2D eigenvalue weighted by atomic mass is 10.1. The van der Waals surface area contributed by atoms with Crippen LogP contribution < -0.4 is 5.11 Å². The molecule has 2 heterocycles. The molecule has 0 atom stereocenters. The standard InChI is InChI=1S/C25H22ClF3N4O4S.ClH/c1-3-23-31-21-11-19(25(27,28)29)20(26)12-22(21)33(23)17-10-16(13-30-14-17)8-9-32(24(34)35)38(36,37)18-6-4-15(2)5-7-18;/h4-7,10-14H,3,8-9H2,1-2H3,(H,34,35);1H/p-1. The minimum atomic E-state index is -4.65. The second kappa shape index (κ2) is 11.4. The summed E-state index contributed by atoms with van der Waals surface area (Å²) in [5.74, 6) is 0.452. The van der Waals surface area contributed by atoms with Crippen LogP contribution in [0.4, 0.5) is 18.0 Å². The summed E-state index contributed by atoms with van der Waals surface area (Å²) in [6.07, 6.45) is -3.27. The topological polar surface area (TPSA) is 108 Å². The van der Waals surface area contributed by atoms with Gasteiger partial charge in [-0.25, -0.2) is 13.4 Å². The molecule has 0 unspecified atom stereocenters. The van der Waals surface area contributed by atoms with E-state index >= 15 is 0 Å². The zero-order valence-corrected chi connectivity index (χ0v) is 23.0. The van der Waals surface area contributed by atoms with Crippen LogP contribution in [0.5, 0.6) is 0 Å². The number of carboxylic acid groups (broad SMARTS) is 1. The second-order valence-electron chi connectivity index (χ2n) is 8.49. The van der Waals surface area contributed by atoms with Crippen LogP contribution in [0.1, 0.15) is 29.4 Å². The number of fused-ring (bicyclic) bond motifs is 1. The van der Waals surface area contributed by atoms with Crippen molar-refractivity contribution in [3.05, 3.63) is 82.4 Å². The fourth-order valence-electron chi connectivity index (χ4n) is 4.00. The molecule has 0 aliphatic heterocycles. The Bertz CT molecular complexity index is 1630. The third kappa shape index (κ3) is 6.13. The smallest absolute Gasteiger partial charge is 0.417 e. The average molecular weight is 602 g/mol. The van der Waals surface area contributed by atoms with Gasteiger partial charge in [0.15, 0.2) is 6.09 Å². The number of pyridine rings is 1. The molecule has 8 nitrogen and oxygen atoms in total. The zero-order chi connectivity index (χ0) is 27.8. The van der Waals surface area contributed by atoms with Crippen LogP contribution in [0, 0.1) is 6.92 Å². The summed E-state index contributed by atoms with van der Waals surface area (Å²) < 4.78 is 67.7. The summed E-state index contributed by atoms with van der Waals surface area (Å²) in [6, 6.07) is 9.44. The van der Waals surface area contributed by atoms with Gasteiger partial charge in [0.2, 0.25) is 0 Å². The Morgan fingerprint density at radius 2 is 1.79 bits per heavy atom. The Morgan fingerprint density at radius 3 is 2.38 bits per heavy atom. The molecule has 0 spiro atoms. The van der Waals surface area contributed by atoms with Gasteiger partial charge in [-0.3, -0.25) is 13.9 Å². The van der Waals surface area contributed by atoms with E-state index in [0.717, 1.165) is 11.6 Å². The normalized spacial score (nSPS) is 11.8. The minimum absolute atomic E-state index is 0. The lowest BCUT2D eigenvalue weighted by Crippen LogP contribution is -2.45. The maximum absolute atomic E-state index is 13.3. The third-order valence-electron chi connectivity index (χ3n) is 5.89. The first kappa shape index (κ1) is 30.2. The van der Waals surface area contributed by atoms with Gasteiger partial charge in [0, 0.05) is 19.2 Å². The molecule has 1 amide bonds. The summed E-state index contributed by atoms with van der Waals surface area (Å²) in [5, 5.41) is 11.3. The lowest BCUT2D eigenvalue weighted by molar-refractivity contribution is -0.259.